The van der Waals surface area contributed by atoms with Crippen molar-refractivity contribution in [1.82, 2.24) is 5.32 Å². The smallest absolute Gasteiger partial charge is 0.311 e. The minimum atomic E-state index is -0.806. The zero-order chi connectivity index (χ0) is 16.1. The van der Waals surface area contributed by atoms with Gasteiger partial charge in [0.25, 0.3) is 5.91 Å². The van der Waals surface area contributed by atoms with Crippen molar-refractivity contribution in [2.45, 2.75) is 51.2 Å². The molecule has 1 aliphatic carbocycles. The highest BCUT2D eigenvalue weighted by atomic mass is 35.5. The summed E-state index contributed by atoms with van der Waals surface area (Å²) < 4.78 is 5.17. The lowest BCUT2D eigenvalue weighted by atomic mass is 10.1. The topological polar surface area (TPSA) is 55.4 Å². The number of nitrogens with one attached hydrogen (secondary N) is 1. The van der Waals surface area contributed by atoms with E-state index in [1.165, 1.54) is 0 Å². The minimum absolute atomic E-state index is 0.0110. The molecule has 22 heavy (non-hydrogen) atoms. The molecule has 2 rings (SSSR count). The molecule has 1 N–H and O–H groups in total. The van der Waals surface area contributed by atoms with Crippen LogP contribution in [0.4, 0.5) is 0 Å². The predicted molar refractivity (Wildman–Crippen MR) is 86.1 cm³/mol. The summed E-state index contributed by atoms with van der Waals surface area (Å²) in [6.45, 7) is 1.58. The molecular formula is C16H19Cl2NO3. The molecule has 0 spiro atoms. The number of hydrogen-bond donors (Lipinski definition) is 1. The lowest BCUT2D eigenvalue weighted by molar-refractivity contribution is -0.154. The van der Waals surface area contributed by atoms with E-state index in [-0.39, 0.29) is 18.4 Å². The monoisotopic (exact) mass is 343 g/mol. The Morgan fingerprint density at radius 3 is 2.64 bits per heavy atom. The Morgan fingerprint density at radius 2 is 2.00 bits per heavy atom. The van der Waals surface area contributed by atoms with Crippen molar-refractivity contribution in [3.8, 4) is 0 Å². The summed E-state index contributed by atoms with van der Waals surface area (Å²) in [5, 5.41) is 3.82. The molecule has 1 amide bonds. The molecule has 1 saturated carbocycles. The van der Waals surface area contributed by atoms with Crippen LogP contribution in [0.1, 0.15) is 38.2 Å². The molecule has 0 bridgehead atoms. The third-order valence-corrected chi connectivity index (χ3v) is 4.32. The van der Waals surface area contributed by atoms with Gasteiger partial charge in [0.1, 0.15) is 0 Å². The first-order valence-corrected chi connectivity index (χ1v) is 8.15. The Balaban J connectivity index is 1.83. The minimum Gasteiger partial charge on any atom is -0.452 e. The number of carbonyl (C=O) groups is 2. The van der Waals surface area contributed by atoms with Gasteiger partial charge in [-0.05, 0) is 37.5 Å². The molecular weight excluding hydrogens is 325 g/mol. The number of rotatable bonds is 5. The van der Waals surface area contributed by atoms with E-state index in [0.717, 1.165) is 25.7 Å². The highest BCUT2D eigenvalue weighted by molar-refractivity contribution is 6.35. The summed E-state index contributed by atoms with van der Waals surface area (Å²) >= 11 is 11.8. The quantitative estimate of drug-likeness (QED) is 0.832. The van der Waals surface area contributed by atoms with Crippen molar-refractivity contribution in [3.63, 3.8) is 0 Å². The second-order valence-corrected chi connectivity index (χ2v) is 6.38. The van der Waals surface area contributed by atoms with E-state index in [2.05, 4.69) is 5.32 Å². The van der Waals surface area contributed by atoms with Crippen LogP contribution in [-0.2, 0) is 20.7 Å². The summed E-state index contributed by atoms with van der Waals surface area (Å²) in [6.07, 6.45) is 3.46. The molecule has 120 valence electrons. The van der Waals surface area contributed by atoms with Gasteiger partial charge in [-0.1, -0.05) is 42.1 Å². The molecule has 4 nitrogen and oxygen atoms in total. The van der Waals surface area contributed by atoms with Crippen molar-refractivity contribution >= 4 is 35.1 Å². The third-order valence-electron chi connectivity index (χ3n) is 3.73. The summed E-state index contributed by atoms with van der Waals surface area (Å²) in [6, 6.07) is 5.11. The number of esters is 1. The van der Waals surface area contributed by atoms with Gasteiger partial charge in [0.15, 0.2) is 6.10 Å². The second kappa shape index (κ2) is 7.84. The maximum absolute atomic E-state index is 12.0. The van der Waals surface area contributed by atoms with E-state index >= 15 is 0 Å². The van der Waals surface area contributed by atoms with Crippen molar-refractivity contribution in [2.75, 3.05) is 0 Å². The molecule has 0 aliphatic heterocycles. The van der Waals surface area contributed by atoms with E-state index in [9.17, 15) is 9.59 Å². The van der Waals surface area contributed by atoms with E-state index < -0.39 is 12.1 Å². The average Bonchev–Trinajstić information content (AvgIpc) is 2.94. The zero-order valence-corrected chi connectivity index (χ0v) is 13.9. The number of hydrogen-bond acceptors (Lipinski definition) is 3. The Hall–Kier alpha value is -1.26. The van der Waals surface area contributed by atoms with Crippen LogP contribution in [0, 0.1) is 0 Å². The molecule has 0 radical (unpaired) electrons. The van der Waals surface area contributed by atoms with Crippen molar-refractivity contribution in [2.24, 2.45) is 0 Å². The maximum Gasteiger partial charge on any atom is 0.311 e. The van der Waals surface area contributed by atoms with Gasteiger partial charge in [0.2, 0.25) is 0 Å². The predicted octanol–water partition coefficient (Wildman–Crippen LogP) is 3.53. The number of amides is 1. The lowest BCUT2D eigenvalue weighted by Gasteiger charge is -2.17. The first-order chi connectivity index (χ1) is 10.5. The summed E-state index contributed by atoms with van der Waals surface area (Å²) in [4.78, 5) is 23.9. The van der Waals surface area contributed by atoms with Crippen LogP contribution in [-0.4, -0.2) is 24.0 Å². The molecule has 1 aromatic carbocycles. The van der Waals surface area contributed by atoms with Gasteiger partial charge in [-0.25, -0.2) is 0 Å². The molecule has 0 heterocycles. The summed E-state index contributed by atoms with van der Waals surface area (Å²) in [7, 11) is 0. The summed E-state index contributed by atoms with van der Waals surface area (Å²) in [5.74, 6) is -0.735. The van der Waals surface area contributed by atoms with Crippen LogP contribution in [0.3, 0.4) is 0 Å². The zero-order valence-electron chi connectivity index (χ0n) is 12.4. The van der Waals surface area contributed by atoms with E-state index in [0.29, 0.717) is 15.6 Å². The molecule has 1 fully saturated rings. The lowest BCUT2D eigenvalue weighted by Crippen LogP contribution is -2.41. The van der Waals surface area contributed by atoms with Crippen LogP contribution in [0.2, 0.25) is 10.0 Å². The van der Waals surface area contributed by atoms with E-state index in [1.807, 2.05) is 0 Å². The van der Waals surface area contributed by atoms with Gasteiger partial charge in [-0.3, -0.25) is 9.59 Å². The molecule has 0 aromatic heterocycles. The van der Waals surface area contributed by atoms with Crippen LogP contribution in [0.25, 0.3) is 0 Å². The van der Waals surface area contributed by atoms with Gasteiger partial charge in [-0.2, -0.15) is 0 Å². The van der Waals surface area contributed by atoms with Crippen molar-refractivity contribution < 1.29 is 14.3 Å². The van der Waals surface area contributed by atoms with Gasteiger partial charge in [0, 0.05) is 16.1 Å². The highest BCUT2D eigenvalue weighted by Crippen LogP contribution is 2.22. The SMILES string of the molecule is C[C@@H](OC(=O)Cc1ccc(Cl)cc1Cl)C(=O)NC1CCCC1. The average molecular weight is 344 g/mol. The Bertz CT molecular complexity index is 556. The second-order valence-electron chi connectivity index (χ2n) is 5.53. The van der Waals surface area contributed by atoms with E-state index in [4.69, 9.17) is 27.9 Å². The van der Waals surface area contributed by atoms with Crippen molar-refractivity contribution in [3.05, 3.63) is 33.8 Å². The van der Waals surface area contributed by atoms with Crippen LogP contribution < -0.4 is 5.32 Å². The van der Waals surface area contributed by atoms with Gasteiger partial charge >= 0.3 is 5.97 Å². The first kappa shape index (κ1) is 17.1. The number of benzene rings is 1. The fourth-order valence-electron chi connectivity index (χ4n) is 2.50. The normalized spacial score (nSPS) is 16.3. The maximum atomic E-state index is 12.0. The molecule has 0 unspecified atom stereocenters. The van der Waals surface area contributed by atoms with Gasteiger partial charge < -0.3 is 10.1 Å². The standard InChI is InChI=1S/C16H19Cl2NO3/c1-10(16(21)19-13-4-2-3-5-13)22-15(20)8-11-6-7-12(17)9-14(11)18/h6-7,9-10,13H,2-5,8H2,1H3,(H,19,21)/t10-/m1/s1. The van der Waals surface area contributed by atoms with Crippen LogP contribution in [0.5, 0.6) is 0 Å². The molecule has 1 atom stereocenters. The third kappa shape index (κ3) is 4.89. The fraction of sp³-hybridized carbons (Fsp3) is 0.500. The Labute approximate surface area is 140 Å². The number of ether oxygens (including phenoxy) is 1. The van der Waals surface area contributed by atoms with Gasteiger partial charge in [-0.15, -0.1) is 0 Å². The fourth-order valence-corrected chi connectivity index (χ4v) is 2.98. The summed E-state index contributed by atoms with van der Waals surface area (Å²) in [5.41, 5.74) is 0.625. The molecule has 6 heteroatoms. The molecule has 1 aromatic rings. The van der Waals surface area contributed by atoms with Crippen LogP contribution >= 0.6 is 23.2 Å². The Kier molecular flexibility index (Phi) is 6.09. The first-order valence-electron chi connectivity index (χ1n) is 7.39. The van der Waals surface area contributed by atoms with Gasteiger partial charge in [0.05, 0.1) is 6.42 Å². The Morgan fingerprint density at radius 1 is 1.32 bits per heavy atom. The number of halogens is 2. The highest BCUT2D eigenvalue weighted by Gasteiger charge is 2.23. The number of carbonyl (C=O) groups excluding carboxylic acids is 2. The van der Waals surface area contributed by atoms with E-state index in [1.54, 1.807) is 25.1 Å². The largest absolute Gasteiger partial charge is 0.452 e. The van der Waals surface area contributed by atoms with Crippen LogP contribution in [0.15, 0.2) is 18.2 Å². The molecule has 1 aliphatic rings. The van der Waals surface area contributed by atoms with Crippen molar-refractivity contribution in [1.29, 1.82) is 0 Å². The molecule has 0 saturated heterocycles.